The van der Waals surface area contributed by atoms with E-state index in [1.165, 1.54) is 0 Å². The molecule has 1 aliphatic rings. The molecule has 0 saturated carbocycles. The van der Waals surface area contributed by atoms with E-state index >= 15 is 0 Å². The number of carbonyl (C=O) groups excluding carboxylic acids is 1. The molecule has 0 bridgehead atoms. The highest BCUT2D eigenvalue weighted by Gasteiger charge is 2.25. The van der Waals surface area contributed by atoms with E-state index in [0.29, 0.717) is 13.2 Å². The number of carbonyl (C=O) groups is 1. The van der Waals surface area contributed by atoms with Crippen LogP contribution < -0.4 is 15.4 Å². The summed E-state index contributed by atoms with van der Waals surface area (Å²) in [7, 11) is 1.79. The zero-order chi connectivity index (χ0) is 12.4. The van der Waals surface area contributed by atoms with Gasteiger partial charge in [-0.3, -0.25) is 4.79 Å². The lowest BCUT2D eigenvalue weighted by molar-refractivity contribution is -0.122. The predicted octanol–water partition coefficient (Wildman–Crippen LogP) is 1.18. The van der Waals surface area contributed by atoms with Crippen molar-refractivity contribution in [2.45, 2.75) is 13.3 Å². The Balaban J connectivity index is 2.39. The highest BCUT2D eigenvalue weighted by Crippen LogP contribution is 2.32. The lowest BCUT2D eigenvalue weighted by Crippen LogP contribution is -2.31. The molecule has 1 unspecified atom stereocenters. The molecule has 1 aromatic rings. The lowest BCUT2D eigenvalue weighted by atomic mass is 10.1. The second-order valence-corrected chi connectivity index (χ2v) is 4.45. The second-order valence-electron chi connectivity index (χ2n) is 4.45. The SMILES string of the molecule is CC1COc2ccc(CCN)cc2N(C)C1=O. The minimum atomic E-state index is -0.106. The third-order valence-electron chi connectivity index (χ3n) is 3.06. The molecular formula is C13H18N2O2. The van der Waals surface area contributed by atoms with Crippen molar-refractivity contribution in [1.29, 1.82) is 0 Å². The quantitative estimate of drug-likeness (QED) is 0.836. The van der Waals surface area contributed by atoms with Crippen molar-refractivity contribution in [3.8, 4) is 5.75 Å². The van der Waals surface area contributed by atoms with Crippen LogP contribution >= 0.6 is 0 Å². The van der Waals surface area contributed by atoms with E-state index in [4.69, 9.17) is 10.5 Å². The van der Waals surface area contributed by atoms with E-state index in [1.807, 2.05) is 25.1 Å². The zero-order valence-electron chi connectivity index (χ0n) is 10.3. The van der Waals surface area contributed by atoms with Crippen LogP contribution in [0.1, 0.15) is 12.5 Å². The van der Waals surface area contributed by atoms with Gasteiger partial charge in [0.05, 0.1) is 18.2 Å². The summed E-state index contributed by atoms with van der Waals surface area (Å²) in [4.78, 5) is 13.7. The van der Waals surface area contributed by atoms with E-state index in [-0.39, 0.29) is 11.8 Å². The molecule has 1 amide bonds. The van der Waals surface area contributed by atoms with Crippen LogP contribution in [0.5, 0.6) is 5.75 Å². The molecule has 1 aliphatic heterocycles. The van der Waals surface area contributed by atoms with Gasteiger partial charge in [-0.2, -0.15) is 0 Å². The van der Waals surface area contributed by atoms with Gasteiger partial charge in [0.2, 0.25) is 5.91 Å². The molecular weight excluding hydrogens is 216 g/mol. The standard InChI is InChI=1S/C13H18N2O2/c1-9-8-17-12-4-3-10(5-6-14)7-11(12)15(2)13(9)16/h3-4,7,9H,5-6,8,14H2,1-2H3. The molecule has 0 aliphatic carbocycles. The molecule has 0 fully saturated rings. The molecule has 92 valence electrons. The molecule has 0 aromatic heterocycles. The molecule has 4 nitrogen and oxygen atoms in total. The van der Waals surface area contributed by atoms with Crippen LogP contribution in [0.2, 0.25) is 0 Å². The van der Waals surface area contributed by atoms with Gasteiger partial charge in [-0.1, -0.05) is 13.0 Å². The van der Waals surface area contributed by atoms with E-state index in [9.17, 15) is 4.79 Å². The van der Waals surface area contributed by atoms with Crippen molar-refractivity contribution >= 4 is 11.6 Å². The molecule has 2 N–H and O–H groups in total. The molecule has 1 aromatic carbocycles. The minimum absolute atomic E-state index is 0.0913. The summed E-state index contributed by atoms with van der Waals surface area (Å²) in [6, 6.07) is 5.90. The fourth-order valence-corrected chi connectivity index (χ4v) is 2.00. The first kappa shape index (κ1) is 11.9. The van der Waals surface area contributed by atoms with E-state index in [0.717, 1.165) is 23.4 Å². The van der Waals surface area contributed by atoms with Crippen LogP contribution in [0, 0.1) is 5.92 Å². The zero-order valence-corrected chi connectivity index (χ0v) is 10.3. The smallest absolute Gasteiger partial charge is 0.233 e. The maximum absolute atomic E-state index is 12.0. The maximum atomic E-state index is 12.0. The molecule has 1 atom stereocenters. The summed E-state index contributed by atoms with van der Waals surface area (Å²) >= 11 is 0. The normalized spacial score (nSPS) is 19.6. The lowest BCUT2D eigenvalue weighted by Gasteiger charge is -2.18. The number of fused-ring (bicyclic) bond motifs is 1. The van der Waals surface area contributed by atoms with Gasteiger partial charge in [-0.05, 0) is 30.7 Å². The molecule has 0 radical (unpaired) electrons. The monoisotopic (exact) mass is 234 g/mol. The number of nitrogens with zero attached hydrogens (tertiary/aromatic N) is 1. The van der Waals surface area contributed by atoms with Gasteiger partial charge in [0.15, 0.2) is 0 Å². The number of hydrogen-bond acceptors (Lipinski definition) is 3. The van der Waals surface area contributed by atoms with Gasteiger partial charge in [-0.25, -0.2) is 0 Å². The van der Waals surface area contributed by atoms with E-state index < -0.39 is 0 Å². The van der Waals surface area contributed by atoms with Crippen LogP contribution in [0.15, 0.2) is 18.2 Å². The Morgan fingerprint density at radius 2 is 2.29 bits per heavy atom. The van der Waals surface area contributed by atoms with Crippen LogP contribution in [-0.2, 0) is 11.2 Å². The molecule has 0 saturated heterocycles. The average molecular weight is 234 g/mol. The van der Waals surface area contributed by atoms with Crippen LogP contribution in [-0.4, -0.2) is 26.1 Å². The summed E-state index contributed by atoms with van der Waals surface area (Å²) in [6.45, 7) is 2.92. The van der Waals surface area contributed by atoms with E-state index in [2.05, 4.69) is 0 Å². The number of benzene rings is 1. The third kappa shape index (κ3) is 2.26. The maximum Gasteiger partial charge on any atom is 0.233 e. The Morgan fingerprint density at radius 1 is 1.53 bits per heavy atom. The molecule has 1 heterocycles. The number of anilines is 1. The van der Waals surface area contributed by atoms with Crippen molar-refractivity contribution in [2.75, 3.05) is 25.1 Å². The highest BCUT2D eigenvalue weighted by atomic mass is 16.5. The second kappa shape index (κ2) is 4.75. The van der Waals surface area contributed by atoms with Gasteiger partial charge in [0, 0.05) is 7.05 Å². The first-order chi connectivity index (χ1) is 8.13. The van der Waals surface area contributed by atoms with Gasteiger partial charge in [0.25, 0.3) is 0 Å². The summed E-state index contributed by atoms with van der Waals surface area (Å²) in [5.74, 6) is 0.755. The largest absolute Gasteiger partial charge is 0.491 e. The Labute approximate surface area is 101 Å². The summed E-state index contributed by atoms with van der Waals surface area (Å²) < 4.78 is 5.64. The fraction of sp³-hybridized carbons (Fsp3) is 0.462. The van der Waals surface area contributed by atoms with Crippen molar-refractivity contribution < 1.29 is 9.53 Å². The predicted molar refractivity (Wildman–Crippen MR) is 67.3 cm³/mol. The summed E-state index contributed by atoms with van der Waals surface area (Å²) in [5.41, 5.74) is 7.51. The number of hydrogen-bond donors (Lipinski definition) is 1. The Bertz CT molecular complexity index is 431. The van der Waals surface area contributed by atoms with Crippen molar-refractivity contribution in [2.24, 2.45) is 11.7 Å². The molecule has 17 heavy (non-hydrogen) atoms. The minimum Gasteiger partial charge on any atom is -0.491 e. The Morgan fingerprint density at radius 3 is 3.00 bits per heavy atom. The van der Waals surface area contributed by atoms with Crippen LogP contribution in [0.3, 0.4) is 0 Å². The number of rotatable bonds is 2. The summed E-state index contributed by atoms with van der Waals surface area (Å²) in [6.07, 6.45) is 0.810. The van der Waals surface area contributed by atoms with Crippen LogP contribution in [0.4, 0.5) is 5.69 Å². The first-order valence-electron chi connectivity index (χ1n) is 5.87. The van der Waals surface area contributed by atoms with Crippen molar-refractivity contribution in [3.05, 3.63) is 23.8 Å². The number of ether oxygens (including phenoxy) is 1. The Hall–Kier alpha value is -1.55. The molecule has 0 spiro atoms. The van der Waals surface area contributed by atoms with Gasteiger partial charge in [-0.15, -0.1) is 0 Å². The summed E-state index contributed by atoms with van der Waals surface area (Å²) in [5, 5.41) is 0. The average Bonchev–Trinajstić information content (AvgIpc) is 2.43. The van der Waals surface area contributed by atoms with Gasteiger partial charge < -0.3 is 15.4 Å². The highest BCUT2D eigenvalue weighted by molar-refractivity contribution is 5.96. The number of amides is 1. The van der Waals surface area contributed by atoms with E-state index in [1.54, 1.807) is 11.9 Å². The van der Waals surface area contributed by atoms with Gasteiger partial charge >= 0.3 is 0 Å². The fourth-order valence-electron chi connectivity index (χ4n) is 2.00. The topological polar surface area (TPSA) is 55.6 Å². The first-order valence-corrected chi connectivity index (χ1v) is 5.87. The van der Waals surface area contributed by atoms with Crippen molar-refractivity contribution in [1.82, 2.24) is 0 Å². The Kier molecular flexibility index (Phi) is 3.33. The molecule has 2 rings (SSSR count). The van der Waals surface area contributed by atoms with Gasteiger partial charge in [0.1, 0.15) is 5.75 Å². The van der Waals surface area contributed by atoms with Crippen LogP contribution in [0.25, 0.3) is 0 Å². The third-order valence-corrected chi connectivity index (χ3v) is 3.06. The van der Waals surface area contributed by atoms with Crippen molar-refractivity contribution in [3.63, 3.8) is 0 Å². The number of nitrogens with two attached hydrogens (primary N) is 1. The molecule has 4 heteroatoms.